The van der Waals surface area contributed by atoms with Crippen molar-refractivity contribution in [3.8, 4) is 5.75 Å². The van der Waals surface area contributed by atoms with Crippen LogP contribution in [0.5, 0.6) is 5.75 Å². The van der Waals surface area contributed by atoms with Crippen LogP contribution in [0.1, 0.15) is 11.1 Å². The molecular formula is C25H26N2O4S. The maximum absolute atomic E-state index is 13.5. The van der Waals surface area contributed by atoms with Gasteiger partial charge in [0.05, 0.1) is 17.1 Å². The molecule has 0 unspecified atom stereocenters. The Morgan fingerprint density at radius 3 is 2.28 bits per heavy atom. The molecule has 3 aromatic carbocycles. The number of hydrogen-bond donors (Lipinski definition) is 1. The predicted molar refractivity (Wildman–Crippen MR) is 126 cm³/mol. The number of aryl methyl sites for hydroxylation is 1. The number of sulfonamides is 1. The molecule has 0 radical (unpaired) electrons. The highest BCUT2D eigenvalue weighted by atomic mass is 32.2. The minimum atomic E-state index is -3.80. The second kappa shape index (κ2) is 10.6. The van der Waals surface area contributed by atoms with E-state index in [-0.39, 0.29) is 24.0 Å². The number of amides is 1. The quantitative estimate of drug-likeness (QED) is 0.473. The fourth-order valence-corrected chi connectivity index (χ4v) is 4.45. The Labute approximate surface area is 189 Å². The summed E-state index contributed by atoms with van der Waals surface area (Å²) in [6.07, 6.45) is 1.59. The van der Waals surface area contributed by atoms with E-state index in [1.54, 1.807) is 54.6 Å². The van der Waals surface area contributed by atoms with Crippen molar-refractivity contribution in [2.45, 2.75) is 18.4 Å². The van der Waals surface area contributed by atoms with Crippen LogP contribution in [0.3, 0.4) is 0 Å². The van der Waals surface area contributed by atoms with Crippen molar-refractivity contribution in [1.82, 2.24) is 5.32 Å². The average molecular weight is 451 g/mol. The third-order valence-electron chi connectivity index (χ3n) is 4.72. The summed E-state index contributed by atoms with van der Waals surface area (Å²) in [7, 11) is -3.80. The van der Waals surface area contributed by atoms with Crippen LogP contribution in [-0.4, -0.2) is 27.5 Å². The number of hydrogen-bond acceptors (Lipinski definition) is 4. The van der Waals surface area contributed by atoms with E-state index in [0.29, 0.717) is 18.0 Å². The molecule has 0 aliphatic heterocycles. The molecule has 0 aromatic heterocycles. The SMILES string of the molecule is C=CCNC(=O)COc1ccc(N(Cc2ccccc2)S(=O)(=O)c2ccc(C)cc2)cc1. The third-order valence-corrected chi connectivity index (χ3v) is 6.50. The van der Waals surface area contributed by atoms with Gasteiger partial charge in [-0.05, 0) is 48.9 Å². The molecule has 0 aliphatic carbocycles. The van der Waals surface area contributed by atoms with Crippen molar-refractivity contribution < 1.29 is 17.9 Å². The number of anilines is 1. The van der Waals surface area contributed by atoms with Crippen LogP contribution >= 0.6 is 0 Å². The zero-order chi connectivity index (χ0) is 23.0. The monoisotopic (exact) mass is 450 g/mol. The Morgan fingerprint density at radius 1 is 1.00 bits per heavy atom. The van der Waals surface area contributed by atoms with Crippen LogP contribution in [-0.2, 0) is 21.4 Å². The van der Waals surface area contributed by atoms with Gasteiger partial charge >= 0.3 is 0 Å². The van der Waals surface area contributed by atoms with E-state index in [1.807, 2.05) is 37.3 Å². The van der Waals surface area contributed by atoms with Gasteiger partial charge in [-0.15, -0.1) is 6.58 Å². The van der Waals surface area contributed by atoms with Gasteiger partial charge in [-0.3, -0.25) is 9.10 Å². The molecule has 32 heavy (non-hydrogen) atoms. The summed E-state index contributed by atoms with van der Waals surface area (Å²) in [5, 5.41) is 2.63. The molecule has 7 heteroatoms. The number of nitrogens with one attached hydrogen (secondary N) is 1. The van der Waals surface area contributed by atoms with Crippen LogP contribution in [0.15, 0.2) is 96.4 Å². The molecule has 0 bridgehead atoms. The van der Waals surface area contributed by atoms with Crippen molar-refractivity contribution >= 4 is 21.6 Å². The Hall–Kier alpha value is -3.58. The highest BCUT2D eigenvalue weighted by Crippen LogP contribution is 2.28. The lowest BCUT2D eigenvalue weighted by molar-refractivity contribution is -0.122. The Bertz CT molecular complexity index is 1140. The first-order chi connectivity index (χ1) is 15.4. The van der Waals surface area contributed by atoms with E-state index >= 15 is 0 Å². The summed E-state index contributed by atoms with van der Waals surface area (Å²) in [5.74, 6) is 0.205. The first-order valence-corrected chi connectivity index (χ1v) is 11.6. The molecule has 0 saturated heterocycles. The van der Waals surface area contributed by atoms with Gasteiger partial charge in [-0.25, -0.2) is 8.42 Å². The van der Waals surface area contributed by atoms with Crippen molar-refractivity contribution in [2.24, 2.45) is 0 Å². The van der Waals surface area contributed by atoms with Gasteiger partial charge in [0.1, 0.15) is 5.75 Å². The minimum Gasteiger partial charge on any atom is -0.484 e. The number of benzene rings is 3. The van der Waals surface area contributed by atoms with Crippen molar-refractivity contribution in [3.05, 3.63) is 103 Å². The second-order valence-electron chi connectivity index (χ2n) is 7.19. The Morgan fingerprint density at radius 2 is 1.66 bits per heavy atom. The zero-order valence-electron chi connectivity index (χ0n) is 17.9. The summed E-state index contributed by atoms with van der Waals surface area (Å²) < 4.78 is 33.8. The lowest BCUT2D eigenvalue weighted by atomic mass is 10.2. The smallest absolute Gasteiger partial charge is 0.264 e. The maximum atomic E-state index is 13.5. The highest BCUT2D eigenvalue weighted by molar-refractivity contribution is 7.92. The van der Waals surface area contributed by atoms with Crippen molar-refractivity contribution in [2.75, 3.05) is 17.5 Å². The van der Waals surface area contributed by atoms with Gasteiger partial charge in [-0.1, -0.05) is 54.1 Å². The van der Waals surface area contributed by atoms with Gasteiger partial charge in [0.2, 0.25) is 0 Å². The van der Waals surface area contributed by atoms with E-state index in [2.05, 4.69) is 11.9 Å². The van der Waals surface area contributed by atoms with Gasteiger partial charge < -0.3 is 10.1 Å². The van der Waals surface area contributed by atoms with Crippen LogP contribution < -0.4 is 14.4 Å². The molecule has 0 heterocycles. The molecule has 1 N–H and O–H groups in total. The number of rotatable bonds is 10. The Kier molecular flexibility index (Phi) is 7.68. The fourth-order valence-electron chi connectivity index (χ4n) is 3.00. The van der Waals surface area contributed by atoms with Gasteiger partial charge in [0.15, 0.2) is 6.61 Å². The molecule has 3 aromatic rings. The summed E-state index contributed by atoms with van der Waals surface area (Å²) in [4.78, 5) is 11.9. The molecule has 166 valence electrons. The summed E-state index contributed by atoms with van der Waals surface area (Å²) in [6, 6.07) is 22.8. The molecule has 0 saturated carbocycles. The van der Waals surface area contributed by atoms with Gasteiger partial charge in [0.25, 0.3) is 15.9 Å². The molecule has 0 spiro atoms. The van der Waals surface area contributed by atoms with Crippen LogP contribution in [0.2, 0.25) is 0 Å². The molecule has 0 fully saturated rings. The van der Waals surface area contributed by atoms with Crippen molar-refractivity contribution in [3.63, 3.8) is 0 Å². The molecule has 3 rings (SSSR count). The van der Waals surface area contributed by atoms with E-state index in [4.69, 9.17) is 4.74 Å². The lowest BCUT2D eigenvalue weighted by Crippen LogP contribution is -2.30. The van der Waals surface area contributed by atoms with Gasteiger partial charge in [0, 0.05) is 6.54 Å². The first kappa shape index (κ1) is 23.1. The maximum Gasteiger partial charge on any atom is 0.264 e. The fraction of sp³-hybridized carbons (Fsp3) is 0.160. The van der Waals surface area contributed by atoms with Gasteiger partial charge in [-0.2, -0.15) is 0 Å². The van der Waals surface area contributed by atoms with Crippen LogP contribution in [0.4, 0.5) is 5.69 Å². The number of carbonyl (C=O) groups excluding carboxylic acids is 1. The van der Waals surface area contributed by atoms with E-state index in [1.165, 1.54) is 4.31 Å². The summed E-state index contributed by atoms with van der Waals surface area (Å²) >= 11 is 0. The average Bonchev–Trinajstić information content (AvgIpc) is 2.81. The van der Waals surface area contributed by atoms with E-state index in [0.717, 1.165) is 11.1 Å². The zero-order valence-corrected chi connectivity index (χ0v) is 18.7. The lowest BCUT2D eigenvalue weighted by Gasteiger charge is -2.25. The van der Waals surface area contributed by atoms with Crippen LogP contribution in [0, 0.1) is 6.92 Å². The number of carbonyl (C=O) groups is 1. The molecule has 0 aliphatic rings. The van der Waals surface area contributed by atoms with Crippen LogP contribution in [0.25, 0.3) is 0 Å². The molecule has 0 atom stereocenters. The highest BCUT2D eigenvalue weighted by Gasteiger charge is 2.25. The molecule has 6 nitrogen and oxygen atoms in total. The first-order valence-electron chi connectivity index (χ1n) is 10.1. The summed E-state index contributed by atoms with van der Waals surface area (Å²) in [5.41, 5.74) is 2.34. The number of ether oxygens (including phenoxy) is 1. The van der Waals surface area contributed by atoms with E-state index in [9.17, 15) is 13.2 Å². The standard InChI is InChI=1S/C25H26N2O4S/c1-3-17-26-25(28)19-31-23-13-11-22(12-14-23)27(18-21-7-5-4-6-8-21)32(29,30)24-15-9-20(2)10-16-24/h3-16H,1,17-19H2,2H3,(H,26,28). The van der Waals surface area contributed by atoms with Crippen molar-refractivity contribution in [1.29, 1.82) is 0 Å². The normalized spacial score (nSPS) is 10.9. The third kappa shape index (κ3) is 5.98. The minimum absolute atomic E-state index is 0.136. The predicted octanol–water partition coefficient (Wildman–Crippen LogP) is 4.07. The topological polar surface area (TPSA) is 75.7 Å². The number of nitrogens with zero attached hydrogens (tertiary/aromatic N) is 1. The second-order valence-corrected chi connectivity index (χ2v) is 9.05. The summed E-state index contributed by atoms with van der Waals surface area (Å²) in [6.45, 7) is 5.87. The van der Waals surface area contributed by atoms with E-state index < -0.39 is 10.0 Å². The molecular weight excluding hydrogens is 424 g/mol. The molecule has 1 amide bonds. The Balaban J connectivity index is 1.85. The largest absolute Gasteiger partial charge is 0.484 e.